The summed E-state index contributed by atoms with van der Waals surface area (Å²) in [5.41, 5.74) is 4.71. The Morgan fingerprint density at radius 1 is 1.14 bits per heavy atom. The maximum atomic E-state index is 13.8. The second-order valence-corrected chi connectivity index (χ2v) is 13.3. The Morgan fingerprint density at radius 3 is 2.79 bits per heavy atom. The molecule has 2 unspecified atom stereocenters. The summed E-state index contributed by atoms with van der Waals surface area (Å²) in [5.74, 6) is -0.925. The first kappa shape index (κ1) is 28.5. The third-order valence-corrected chi connectivity index (χ3v) is 11.0. The summed E-state index contributed by atoms with van der Waals surface area (Å²) in [6.07, 6.45) is 9.58. The summed E-state index contributed by atoms with van der Waals surface area (Å²) in [7, 11) is 0. The van der Waals surface area contributed by atoms with Crippen LogP contribution in [0.25, 0.3) is 0 Å². The number of hydrogen-bond acceptors (Lipinski definition) is 7. The van der Waals surface area contributed by atoms with Crippen LogP contribution in [-0.4, -0.2) is 76.6 Å². The number of carbonyl (C=O) groups excluding carboxylic acids is 1. The van der Waals surface area contributed by atoms with Crippen molar-refractivity contribution in [2.24, 2.45) is 0 Å². The van der Waals surface area contributed by atoms with Crippen molar-refractivity contribution in [3.63, 3.8) is 0 Å². The number of nitriles is 1. The van der Waals surface area contributed by atoms with Crippen molar-refractivity contribution in [1.29, 1.82) is 5.26 Å². The van der Waals surface area contributed by atoms with E-state index in [2.05, 4.69) is 34.6 Å². The van der Waals surface area contributed by atoms with Crippen molar-refractivity contribution in [3.05, 3.63) is 58.0 Å². The minimum atomic E-state index is -0.999. The molecule has 4 atom stereocenters. The van der Waals surface area contributed by atoms with Gasteiger partial charge in [-0.05, 0) is 81.5 Å². The van der Waals surface area contributed by atoms with Crippen LogP contribution < -0.4 is 9.64 Å². The number of carbonyl (C=O) groups is 1. The summed E-state index contributed by atoms with van der Waals surface area (Å²) < 4.78 is 20.2. The van der Waals surface area contributed by atoms with Crippen LogP contribution in [0.5, 0.6) is 6.01 Å². The number of nitrogens with zero attached hydrogens (tertiary/aromatic N) is 6. The number of fused-ring (bicyclic) bond motifs is 4. The summed E-state index contributed by atoms with van der Waals surface area (Å²) in [5, 5.41) is 10.4. The predicted molar refractivity (Wildman–Crippen MR) is 162 cm³/mol. The zero-order valence-corrected chi connectivity index (χ0v) is 25.3. The van der Waals surface area contributed by atoms with Crippen LogP contribution in [0.4, 0.5) is 10.2 Å². The van der Waals surface area contributed by atoms with Gasteiger partial charge in [-0.15, -0.1) is 0 Å². The first-order valence-electron chi connectivity index (χ1n) is 15.7. The van der Waals surface area contributed by atoms with E-state index < -0.39 is 17.8 Å². The van der Waals surface area contributed by atoms with Crippen LogP contribution >= 0.6 is 11.6 Å². The Balaban J connectivity index is 1.21. The van der Waals surface area contributed by atoms with Crippen molar-refractivity contribution >= 4 is 23.3 Å². The van der Waals surface area contributed by atoms with E-state index in [-0.39, 0.29) is 18.4 Å². The van der Waals surface area contributed by atoms with Crippen molar-refractivity contribution in [2.45, 2.75) is 87.7 Å². The van der Waals surface area contributed by atoms with Gasteiger partial charge in [-0.25, -0.2) is 4.39 Å². The smallest absolute Gasteiger partial charge is 0.318 e. The molecular weight excluding hydrogens is 567 g/mol. The number of benzene rings is 1. The second-order valence-electron chi connectivity index (χ2n) is 12.9. The highest BCUT2D eigenvalue weighted by Gasteiger charge is 2.44. The summed E-state index contributed by atoms with van der Waals surface area (Å²) in [4.78, 5) is 28.8. The highest BCUT2D eigenvalue weighted by Crippen LogP contribution is 2.50. The molecule has 3 saturated heterocycles. The number of piperazine rings is 1. The van der Waals surface area contributed by atoms with Crippen LogP contribution in [0.15, 0.2) is 30.6 Å². The molecule has 0 radical (unpaired) electrons. The minimum Gasteiger partial charge on any atom is -0.462 e. The number of hydrogen-bond donors (Lipinski definition) is 0. The van der Waals surface area contributed by atoms with Gasteiger partial charge in [0.15, 0.2) is 5.83 Å². The van der Waals surface area contributed by atoms with Gasteiger partial charge in [0, 0.05) is 47.7 Å². The van der Waals surface area contributed by atoms with Gasteiger partial charge in [-0.3, -0.25) is 9.69 Å². The molecule has 3 fully saturated rings. The molecule has 0 N–H and O–H groups in total. The molecule has 226 valence electrons. The first-order valence-corrected chi connectivity index (χ1v) is 16.1. The fourth-order valence-corrected chi connectivity index (χ4v) is 8.82. The number of aromatic nitrogens is 2. The van der Waals surface area contributed by atoms with Crippen LogP contribution in [0, 0.1) is 11.3 Å². The van der Waals surface area contributed by atoms with E-state index in [0.717, 1.165) is 67.2 Å². The van der Waals surface area contributed by atoms with E-state index in [1.807, 2.05) is 6.07 Å². The molecule has 10 heteroatoms. The number of anilines is 1. The molecule has 2 aliphatic carbocycles. The Bertz CT molecular complexity index is 1490. The van der Waals surface area contributed by atoms with Gasteiger partial charge in [-0.1, -0.05) is 30.3 Å². The number of ether oxygens (including phenoxy) is 1. The Morgan fingerprint density at radius 2 is 1.98 bits per heavy atom. The third kappa shape index (κ3) is 5.06. The van der Waals surface area contributed by atoms with Gasteiger partial charge < -0.3 is 14.5 Å². The Labute approximate surface area is 257 Å². The van der Waals surface area contributed by atoms with Crippen LogP contribution in [0.1, 0.15) is 67.3 Å². The van der Waals surface area contributed by atoms with Crippen molar-refractivity contribution < 1.29 is 13.9 Å². The quantitative estimate of drug-likeness (QED) is 0.433. The third-order valence-electron chi connectivity index (χ3n) is 10.7. The maximum absolute atomic E-state index is 13.8. The maximum Gasteiger partial charge on any atom is 0.318 e. The molecule has 0 bridgehead atoms. The summed E-state index contributed by atoms with van der Waals surface area (Å²) in [6.45, 7) is 6.05. The van der Waals surface area contributed by atoms with Crippen molar-refractivity contribution in [2.75, 3.05) is 37.7 Å². The molecule has 3 aliphatic heterocycles. The van der Waals surface area contributed by atoms with Crippen molar-refractivity contribution in [3.8, 4) is 12.1 Å². The van der Waals surface area contributed by atoms with Gasteiger partial charge in [0.05, 0.1) is 24.2 Å². The molecule has 7 rings (SSSR count). The number of halogens is 2. The standard InChI is InChI=1S/C33H38ClFN6O2/c1-21(35)31(42)41-17-16-39(19-23(41)11-14-36)30-26-10-13-33(12-9-25-27(33)5-2-6-28(25)34)18-29(26)37-32(38-30)43-20-24-8-7-22-4-3-15-40(22)24/h2,5-6,22-24H,1,3-4,7-13,15-20H2/t22?,23-,24?,33-/m0/s1. The lowest BCUT2D eigenvalue weighted by atomic mass is 9.69. The van der Waals surface area contributed by atoms with Gasteiger partial charge in [0.2, 0.25) is 0 Å². The molecule has 1 aromatic carbocycles. The Hall–Kier alpha value is -3.22. The molecule has 4 heterocycles. The average molecular weight is 605 g/mol. The van der Waals surface area contributed by atoms with E-state index in [1.54, 1.807) is 0 Å². The van der Waals surface area contributed by atoms with Gasteiger partial charge in [0.1, 0.15) is 12.4 Å². The van der Waals surface area contributed by atoms with Crippen LogP contribution in [0.3, 0.4) is 0 Å². The zero-order valence-electron chi connectivity index (χ0n) is 24.5. The van der Waals surface area contributed by atoms with Crippen molar-refractivity contribution in [1.82, 2.24) is 19.8 Å². The van der Waals surface area contributed by atoms with Gasteiger partial charge >= 0.3 is 6.01 Å². The zero-order chi connectivity index (χ0) is 29.7. The fourth-order valence-electron chi connectivity index (χ4n) is 8.55. The van der Waals surface area contributed by atoms with E-state index in [4.69, 9.17) is 26.3 Å². The molecule has 5 aliphatic rings. The predicted octanol–water partition coefficient (Wildman–Crippen LogP) is 4.92. The number of amides is 1. The van der Waals surface area contributed by atoms with E-state index in [0.29, 0.717) is 37.8 Å². The summed E-state index contributed by atoms with van der Waals surface area (Å²) in [6, 6.07) is 9.44. The molecule has 0 saturated carbocycles. The first-order chi connectivity index (χ1) is 20.9. The summed E-state index contributed by atoms with van der Waals surface area (Å²) >= 11 is 6.62. The Kier molecular flexibility index (Phi) is 7.55. The fraction of sp³-hybridized carbons (Fsp3) is 0.576. The van der Waals surface area contributed by atoms with Crippen LogP contribution in [-0.2, 0) is 29.5 Å². The van der Waals surface area contributed by atoms with Gasteiger partial charge in [0.25, 0.3) is 5.91 Å². The van der Waals surface area contributed by atoms with E-state index in [1.165, 1.54) is 35.3 Å². The van der Waals surface area contributed by atoms with E-state index in [9.17, 15) is 14.4 Å². The molecule has 8 nitrogen and oxygen atoms in total. The topological polar surface area (TPSA) is 85.6 Å². The molecular formula is C33H38ClFN6O2. The van der Waals surface area contributed by atoms with Gasteiger partial charge in [-0.2, -0.15) is 15.2 Å². The molecule has 1 spiro atoms. The monoisotopic (exact) mass is 604 g/mol. The lowest BCUT2D eigenvalue weighted by molar-refractivity contribution is -0.131. The lowest BCUT2D eigenvalue weighted by Crippen LogP contribution is -2.55. The largest absolute Gasteiger partial charge is 0.462 e. The molecule has 2 aromatic rings. The van der Waals surface area contributed by atoms with Crippen LogP contribution in [0.2, 0.25) is 5.02 Å². The normalized spacial score (nSPS) is 28.0. The molecule has 1 amide bonds. The molecule has 43 heavy (non-hydrogen) atoms. The minimum absolute atomic E-state index is 0.0136. The number of rotatable bonds is 6. The SMILES string of the molecule is C=C(F)C(=O)N1CCN(c2nc(OCC3CCC4CCCN43)nc3c2CC[C@@]2(CCc4c(Cl)cccc42)C3)C[C@@H]1CC#N. The van der Waals surface area contributed by atoms with E-state index >= 15 is 0 Å². The highest BCUT2D eigenvalue weighted by atomic mass is 35.5. The lowest BCUT2D eigenvalue weighted by Gasteiger charge is -2.42. The second kappa shape index (κ2) is 11.4. The highest BCUT2D eigenvalue weighted by molar-refractivity contribution is 6.31. The molecule has 1 aromatic heterocycles. The average Bonchev–Trinajstić information content (AvgIpc) is 3.72.